The van der Waals surface area contributed by atoms with Crippen molar-refractivity contribution in [2.45, 2.75) is 19.4 Å². The minimum Gasteiger partial charge on any atom is -0.386 e. The molecule has 3 nitrogen and oxygen atoms in total. The standard InChI is InChI=1S/C15H17ClFNO2/c1-10(2)15(20)8-18(9-15)14(19)6-4-11-3-5-13(17)12(16)7-11/h3-7,10,20H,8-9H2,1-2H3. The summed E-state index contributed by atoms with van der Waals surface area (Å²) in [6.07, 6.45) is 2.99. The number of amides is 1. The maximum Gasteiger partial charge on any atom is 0.246 e. The van der Waals surface area contributed by atoms with Gasteiger partial charge in [0.05, 0.1) is 18.1 Å². The molecule has 0 atom stereocenters. The number of aliphatic hydroxyl groups is 1. The number of likely N-dealkylation sites (tertiary alicyclic amines) is 1. The van der Waals surface area contributed by atoms with Gasteiger partial charge in [0.25, 0.3) is 0 Å². The van der Waals surface area contributed by atoms with Crippen molar-refractivity contribution in [3.8, 4) is 0 Å². The third kappa shape index (κ3) is 3.02. The molecule has 108 valence electrons. The summed E-state index contributed by atoms with van der Waals surface area (Å²) in [6, 6.07) is 4.26. The summed E-state index contributed by atoms with van der Waals surface area (Å²) in [4.78, 5) is 13.5. The first-order chi connectivity index (χ1) is 9.32. The van der Waals surface area contributed by atoms with Crippen LogP contribution in [-0.4, -0.2) is 34.6 Å². The summed E-state index contributed by atoms with van der Waals surface area (Å²) in [6.45, 7) is 4.55. The van der Waals surface area contributed by atoms with Crippen LogP contribution < -0.4 is 0 Å². The third-order valence-electron chi connectivity index (χ3n) is 3.68. The van der Waals surface area contributed by atoms with Crippen LogP contribution in [-0.2, 0) is 4.79 Å². The van der Waals surface area contributed by atoms with E-state index in [0.717, 1.165) is 0 Å². The highest BCUT2D eigenvalue weighted by Crippen LogP contribution is 2.28. The Hall–Kier alpha value is -1.39. The van der Waals surface area contributed by atoms with Gasteiger partial charge in [0, 0.05) is 6.08 Å². The molecule has 0 unspecified atom stereocenters. The smallest absolute Gasteiger partial charge is 0.246 e. The number of rotatable bonds is 3. The fraction of sp³-hybridized carbons (Fsp3) is 0.400. The van der Waals surface area contributed by atoms with Gasteiger partial charge in [-0.2, -0.15) is 0 Å². The summed E-state index contributed by atoms with van der Waals surface area (Å²) in [5, 5.41) is 10.1. The van der Waals surface area contributed by atoms with Crippen molar-refractivity contribution in [1.29, 1.82) is 0 Å². The van der Waals surface area contributed by atoms with E-state index in [4.69, 9.17) is 11.6 Å². The van der Waals surface area contributed by atoms with Crippen molar-refractivity contribution < 1.29 is 14.3 Å². The number of β-amino-alcohol motifs (C(OH)–C–C–N with tert-alkyl or cyclic N) is 1. The van der Waals surface area contributed by atoms with Crippen molar-refractivity contribution in [3.63, 3.8) is 0 Å². The van der Waals surface area contributed by atoms with E-state index in [1.165, 1.54) is 18.2 Å². The van der Waals surface area contributed by atoms with Crippen molar-refractivity contribution in [3.05, 3.63) is 40.7 Å². The van der Waals surface area contributed by atoms with Gasteiger partial charge in [-0.15, -0.1) is 0 Å². The van der Waals surface area contributed by atoms with E-state index in [1.807, 2.05) is 13.8 Å². The topological polar surface area (TPSA) is 40.5 Å². The number of hydrogen-bond acceptors (Lipinski definition) is 2. The highest BCUT2D eigenvalue weighted by atomic mass is 35.5. The highest BCUT2D eigenvalue weighted by molar-refractivity contribution is 6.30. The number of carbonyl (C=O) groups is 1. The zero-order valence-electron chi connectivity index (χ0n) is 11.4. The Morgan fingerprint density at radius 1 is 1.50 bits per heavy atom. The summed E-state index contributed by atoms with van der Waals surface area (Å²) in [5.41, 5.74) is -0.118. The summed E-state index contributed by atoms with van der Waals surface area (Å²) < 4.78 is 13.0. The molecule has 1 N–H and O–H groups in total. The first kappa shape index (κ1) is 15.0. The molecular formula is C15H17ClFNO2. The lowest BCUT2D eigenvalue weighted by atomic mass is 9.83. The highest BCUT2D eigenvalue weighted by Gasteiger charge is 2.45. The lowest BCUT2D eigenvalue weighted by Crippen LogP contribution is -2.65. The van der Waals surface area contributed by atoms with Crippen LogP contribution in [0.2, 0.25) is 5.02 Å². The molecule has 1 amide bonds. The molecule has 1 fully saturated rings. The van der Waals surface area contributed by atoms with Gasteiger partial charge in [-0.25, -0.2) is 4.39 Å². The molecule has 5 heteroatoms. The molecular weight excluding hydrogens is 281 g/mol. The predicted octanol–water partition coefficient (Wildman–Crippen LogP) is 2.72. The normalized spacial score (nSPS) is 17.6. The van der Waals surface area contributed by atoms with E-state index in [0.29, 0.717) is 18.7 Å². The molecule has 2 rings (SSSR count). The van der Waals surface area contributed by atoms with E-state index >= 15 is 0 Å². The molecule has 1 aliphatic heterocycles. The summed E-state index contributed by atoms with van der Waals surface area (Å²) >= 11 is 5.67. The quantitative estimate of drug-likeness (QED) is 0.872. The Labute approximate surface area is 122 Å². The maximum atomic E-state index is 13.0. The van der Waals surface area contributed by atoms with Crippen molar-refractivity contribution >= 4 is 23.6 Å². The largest absolute Gasteiger partial charge is 0.386 e. The second-order valence-corrected chi connectivity index (χ2v) is 5.87. The van der Waals surface area contributed by atoms with E-state index in [9.17, 15) is 14.3 Å². The Kier molecular flexibility index (Phi) is 4.16. The van der Waals surface area contributed by atoms with Crippen LogP contribution in [0.5, 0.6) is 0 Å². The SMILES string of the molecule is CC(C)C1(O)CN(C(=O)C=Cc2ccc(F)c(Cl)c2)C1. The van der Waals surface area contributed by atoms with Crippen LogP contribution in [0, 0.1) is 11.7 Å². The van der Waals surface area contributed by atoms with Crippen LogP contribution in [0.25, 0.3) is 6.08 Å². The van der Waals surface area contributed by atoms with Crippen LogP contribution >= 0.6 is 11.6 Å². The fourth-order valence-electron chi connectivity index (χ4n) is 2.02. The van der Waals surface area contributed by atoms with Gasteiger partial charge in [-0.3, -0.25) is 4.79 Å². The minimum absolute atomic E-state index is 0.0257. The Morgan fingerprint density at radius 3 is 2.70 bits per heavy atom. The third-order valence-corrected chi connectivity index (χ3v) is 3.97. The van der Waals surface area contributed by atoms with Crippen LogP contribution in [0.1, 0.15) is 19.4 Å². The van der Waals surface area contributed by atoms with E-state index in [2.05, 4.69) is 0 Å². The second kappa shape index (κ2) is 5.54. The van der Waals surface area contributed by atoms with E-state index in [-0.39, 0.29) is 16.8 Å². The number of benzene rings is 1. The summed E-state index contributed by atoms with van der Waals surface area (Å²) in [7, 11) is 0. The Balaban J connectivity index is 1.96. The molecule has 0 spiro atoms. The van der Waals surface area contributed by atoms with Gasteiger partial charge in [0.15, 0.2) is 0 Å². The second-order valence-electron chi connectivity index (χ2n) is 5.46. The lowest BCUT2D eigenvalue weighted by molar-refractivity contribution is -0.158. The molecule has 0 saturated carbocycles. The molecule has 0 bridgehead atoms. The number of carbonyl (C=O) groups excluding carboxylic acids is 1. The van der Waals surface area contributed by atoms with Crippen LogP contribution in [0.4, 0.5) is 4.39 Å². The molecule has 1 aromatic rings. The van der Waals surface area contributed by atoms with Gasteiger partial charge in [-0.1, -0.05) is 31.5 Å². The zero-order chi connectivity index (χ0) is 14.9. The molecule has 1 heterocycles. The lowest BCUT2D eigenvalue weighted by Gasteiger charge is -2.48. The molecule has 0 aromatic heterocycles. The van der Waals surface area contributed by atoms with Crippen molar-refractivity contribution in [1.82, 2.24) is 4.90 Å². The average molecular weight is 298 g/mol. The Morgan fingerprint density at radius 2 is 2.15 bits per heavy atom. The summed E-state index contributed by atoms with van der Waals surface area (Å²) in [5.74, 6) is -0.540. The maximum absolute atomic E-state index is 13.0. The van der Waals surface area contributed by atoms with Gasteiger partial charge < -0.3 is 10.0 Å². The number of halogens is 2. The fourth-order valence-corrected chi connectivity index (χ4v) is 2.21. The van der Waals surface area contributed by atoms with Crippen LogP contribution in [0.3, 0.4) is 0 Å². The molecule has 20 heavy (non-hydrogen) atoms. The van der Waals surface area contributed by atoms with Gasteiger partial charge in [0.2, 0.25) is 5.91 Å². The van der Waals surface area contributed by atoms with Crippen molar-refractivity contribution in [2.75, 3.05) is 13.1 Å². The molecule has 1 saturated heterocycles. The molecule has 0 radical (unpaired) electrons. The van der Waals surface area contributed by atoms with Gasteiger partial charge in [0.1, 0.15) is 11.4 Å². The minimum atomic E-state index is -0.775. The monoisotopic (exact) mass is 297 g/mol. The van der Waals surface area contributed by atoms with Gasteiger partial charge in [-0.05, 0) is 29.7 Å². The van der Waals surface area contributed by atoms with E-state index < -0.39 is 11.4 Å². The van der Waals surface area contributed by atoms with Crippen molar-refractivity contribution in [2.24, 2.45) is 5.92 Å². The van der Waals surface area contributed by atoms with Gasteiger partial charge >= 0.3 is 0 Å². The predicted molar refractivity (Wildman–Crippen MR) is 76.8 cm³/mol. The first-order valence-corrected chi connectivity index (χ1v) is 6.84. The molecule has 0 aliphatic carbocycles. The van der Waals surface area contributed by atoms with E-state index in [1.54, 1.807) is 17.0 Å². The average Bonchev–Trinajstić information content (AvgIpc) is 2.35. The number of nitrogens with zero attached hydrogens (tertiary/aromatic N) is 1. The zero-order valence-corrected chi connectivity index (χ0v) is 12.2. The molecule has 1 aromatic carbocycles. The Bertz CT molecular complexity index is 551. The first-order valence-electron chi connectivity index (χ1n) is 6.46. The van der Waals surface area contributed by atoms with Crippen LogP contribution in [0.15, 0.2) is 24.3 Å². The number of hydrogen-bond donors (Lipinski definition) is 1. The molecule has 1 aliphatic rings.